The molecule has 3 rings (SSSR count). The molecule has 3 unspecified atom stereocenters. The van der Waals surface area contributed by atoms with Gasteiger partial charge >= 0.3 is 0 Å². The summed E-state index contributed by atoms with van der Waals surface area (Å²) in [4.78, 5) is 2.47. The SMILES string of the molecule is CN1C2CCC1CC(C(NN)c1ccc(Cl)cc1F)C2. The third-order valence-electron chi connectivity index (χ3n) is 5.08. The van der Waals surface area contributed by atoms with E-state index in [1.165, 1.54) is 18.9 Å². The second-order valence-corrected chi connectivity index (χ2v) is 6.53. The molecule has 20 heavy (non-hydrogen) atoms. The molecule has 3 nitrogen and oxygen atoms in total. The van der Waals surface area contributed by atoms with Crippen LogP contribution in [0.15, 0.2) is 18.2 Å². The van der Waals surface area contributed by atoms with Gasteiger partial charge in [0.15, 0.2) is 0 Å². The molecule has 3 atom stereocenters. The Morgan fingerprint density at radius 2 is 2.00 bits per heavy atom. The normalized spacial score (nSPS) is 31.5. The van der Waals surface area contributed by atoms with Gasteiger partial charge < -0.3 is 4.90 Å². The molecule has 2 bridgehead atoms. The molecule has 0 spiro atoms. The number of hydrogen-bond donors (Lipinski definition) is 2. The Bertz CT molecular complexity index is 482. The number of benzene rings is 1. The predicted octanol–water partition coefficient (Wildman–Crippen LogP) is 2.86. The summed E-state index contributed by atoms with van der Waals surface area (Å²) in [5.74, 6) is 5.83. The van der Waals surface area contributed by atoms with Gasteiger partial charge in [-0.2, -0.15) is 0 Å². The minimum absolute atomic E-state index is 0.135. The summed E-state index contributed by atoms with van der Waals surface area (Å²) >= 11 is 5.83. The van der Waals surface area contributed by atoms with Gasteiger partial charge in [0.1, 0.15) is 5.82 Å². The van der Waals surface area contributed by atoms with Gasteiger partial charge in [0.05, 0.1) is 6.04 Å². The van der Waals surface area contributed by atoms with E-state index in [1.54, 1.807) is 12.1 Å². The maximum absolute atomic E-state index is 14.1. The van der Waals surface area contributed by atoms with Crippen molar-refractivity contribution in [1.82, 2.24) is 10.3 Å². The molecule has 5 heteroatoms. The molecule has 2 saturated heterocycles. The van der Waals surface area contributed by atoms with Crippen LogP contribution < -0.4 is 11.3 Å². The van der Waals surface area contributed by atoms with Gasteiger partial charge in [0.2, 0.25) is 0 Å². The standard InChI is InChI=1S/C15H21ClFN3/c1-20-11-3-4-12(20)7-9(6-11)15(19-18)13-5-2-10(16)8-14(13)17/h2,5,8-9,11-12,15,19H,3-4,6-7,18H2,1H3. The first-order valence-electron chi connectivity index (χ1n) is 7.23. The summed E-state index contributed by atoms with van der Waals surface area (Å²) in [7, 11) is 2.20. The van der Waals surface area contributed by atoms with E-state index >= 15 is 0 Å². The van der Waals surface area contributed by atoms with E-state index in [2.05, 4.69) is 17.4 Å². The number of hydrazine groups is 1. The number of nitrogens with zero attached hydrogens (tertiary/aromatic N) is 1. The highest BCUT2D eigenvalue weighted by Gasteiger charge is 2.41. The maximum atomic E-state index is 14.1. The number of nitrogens with two attached hydrogens (primary N) is 1. The molecule has 1 aromatic carbocycles. The first-order valence-corrected chi connectivity index (χ1v) is 7.61. The second kappa shape index (κ2) is 5.60. The smallest absolute Gasteiger partial charge is 0.129 e. The number of nitrogens with one attached hydrogen (secondary N) is 1. The summed E-state index contributed by atoms with van der Waals surface area (Å²) in [6.07, 6.45) is 4.64. The van der Waals surface area contributed by atoms with Crippen LogP contribution in [0.25, 0.3) is 0 Å². The lowest BCUT2D eigenvalue weighted by molar-refractivity contribution is 0.111. The zero-order valence-corrected chi connectivity index (χ0v) is 12.4. The van der Waals surface area contributed by atoms with Crippen LogP contribution in [0.2, 0.25) is 5.02 Å². The van der Waals surface area contributed by atoms with E-state index in [9.17, 15) is 4.39 Å². The summed E-state index contributed by atoms with van der Waals surface area (Å²) in [5.41, 5.74) is 3.46. The van der Waals surface area contributed by atoms with Crippen LogP contribution in [0.1, 0.15) is 37.3 Å². The number of fused-ring (bicyclic) bond motifs is 2. The zero-order chi connectivity index (χ0) is 14.3. The van der Waals surface area contributed by atoms with Crippen molar-refractivity contribution in [2.45, 2.75) is 43.8 Å². The number of piperidine rings is 1. The van der Waals surface area contributed by atoms with Crippen LogP contribution >= 0.6 is 11.6 Å². The maximum Gasteiger partial charge on any atom is 0.129 e. The molecular formula is C15H21ClFN3. The molecular weight excluding hydrogens is 277 g/mol. The van der Waals surface area contributed by atoms with Crippen molar-refractivity contribution < 1.29 is 4.39 Å². The molecule has 2 aliphatic heterocycles. The van der Waals surface area contributed by atoms with E-state index in [0.29, 0.717) is 28.6 Å². The minimum atomic E-state index is -0.272. The molecule has 2 heterocycles. The molecule has 3 N–H and O–H groups in total. The molecule has 0 radical (unpaired) electrons. The number of rotatable bonds is 3. The van der Waals surface area contributed by atoms with Gasteiger partial charge in [-0.25, -0.2) is 4.39 Å². The highest BCUT2D eigenvalue weighted by Crippen LogP contribution is 2.42. The van der Waals surface area contributed by atoms with E-state index in [4.69, 9.17) is 17.4 Å². The van der Waals surface area contributed by atoms with Crippen molar-refractivity contribution in [3.63, 3.8) is 0 Å². The Balaban J connectivity index is 1.83. The molecule has 110 valence electrons. The Labute approximate surface area is 124 Å². The van der Waals surface area contributed by atoms with Crippen molar-refractivity contribution in [2.24, 2.45) is 11.8 Å². The monoisotopic (exact) mass is 297 g/mol. The van der Waals surface area contributed by atoms with E-state index in [1.807, 2.05) is 0 Å². The average molecular weight is 298 g/mol. The first kappa shape index (κ1) is 14.3. The largest absolute Gasteiger partial charge is 0.300 e. The molecule has 1 aromatic rings. The first-order chi connectivity index (χ1) is 9.60. The molecule has 2 fully saturated rings. The molecule has 0 aliphatic carbocycles. The van der Waals surface area contributed by atoms with Crippen LogP contribution in [-0.2, 0) is 0 Å². The fourth-order valence-corrected chi connectivity index (χ4v) is 4.12. The number of halogens is 2. The quantitative estimate of drug-likeness (QED) is 0.666. The minimum Gasteiger partial charge on any atom is -0.300 e. The van der Waals surface area contributed by atoms with Crippen LogP contribution in [-0.4, -0.2) is 24.0 Å². The lowest BCUT2D eigenvalue weighted by atomic mass is 9.82. The summed E-state index contributed by atoms with van der Waals surface area (Å²) in [5, 5.41) is 0.422. The third-order valence-corrected chi connectivity index (χ3v) is 5.32. The molecule has 2 aliphatic rings. The highest BCUT2D eigenvalue weighted by molar-refractivity contribution is 6.30. The van der Waals surface area contributed by atoms with Crippen LogP contribution in [0.3, 0.4) is 0 Å². The van der Waals surface area contributed by atoms with E-state index in [0.717, 1.165) is 12.8 Å². The second-order valence-electron chi connectivity index (χ2n) is 6.09. The fraction of sp³-hybridized carbons (Fsp3) is 0.600. The summed E-state index contributed by atoms with van der Waals surface area (Å²) < 4.78 is 14.1. The average Bonchev–Trinajstić information content (AvgIpc) is 2.64. The van der Waals surface area contributed by atoms with Crippen molar-refractivity contribution in [3.05, 3.63) is 34.6 Å². The Hall–Kier alpha value is -0.680. The van der Waals surface area contributed by atoms with Gasteiger partial charge in [-0.3, -0.25) is 11.3 Å². The highest BCUT2D eigenvalue weighted by atomic mass is 35.5. The topological polar surface area (TPSA) is 41.3 Å². The molecule has 0 aromatic heterocycles. The summed E-state index contributed by atoms with van der Waals surface area (Å²) in [6, 6.07) is 5.94. The fourth-order valence-electron chi connectivity index (χ4n) is 3.96. The van der Waals surface area contributed by atoms with Crippen molar-refractivity contribution in [3.8, 4) is 0 Å². The van der Waals surface area contributed by atoms with E-state index in [-0.39, 0.29) is 11.9 Å². The molecule has 0 amide bonds. The third kappa shape index (κ3) is 2.46. The Morgan fingerprint density at radius 1 is 1.35 bits per heavy atom. The van der Waals surface area contributed by atoms with Gasteiger partial charge in [-0.15, -0.1) is 0 Å². The zero-order valence-electron chi connectivity index (χ0n) is 11.7. The van der Waals surface area contributed by atoms with Gasteiger partial charge in [-0.05, 0) is 50.8 Å². The van der Waals surface area contributed by atoms with Gasteiger partial charge in [-0.1, -0.05) is 17.7 Å². The van der Waals surface area contributed by atoms with E-state index < -0.39 is 0 Å². The lowest BCUT2D eigenvalue weighted by Gasteiger charge is -2.39. The van der Waals surface area contributed by atoms with Crippen molar-refractivity contribution in [1.29, 1.82) is 0 Å². The predicted molar refractivity (Wildman–Crippen MR) is 78.8 cm³/mol. The van der Waals surface area contributed by atoms with Crippen molar-refractivity contribution >= 4 is 11.6 Å². The lowest BCUT2D eigenvalue weighted by Crippen LogP contribution is -2.45. The van der Waals surface area contributed by atoms with Gasteiger partial charge in [0, 0.05) is 22.7 Å². The van der Waals surface area contributed by atoms with Crippen LogP contribution in [0, 0.1) is 11.7 Å². The van der Waals surface area contributed by atoms with Gasteiger partial charge in [0.25, 0.3) is 0 Å². The Kier molecular flexibility index (Phi) is 4.00. The summed E-state index contributed by atoms with van der Waals surface area (Å²) in [6.45, 7) is 0. The van der Waals surface area contributed by atoms with Crippen LogP contribution in [0.5, 0.6) is 0 Å². The Morgan fingerprint density at radius 3 is 2.55 bits per heavy atom. The van der Waals surface area contributed by atoms with Crippen molar-refractivity contribution in [2.75, 3.05) is 7.05 Å². The number of hydrogen-bond acceptors (Lipinski definition) is 3. The molecule has 0 saturated carbocycles. The van der Waals surface area contributed by atoms with Crippen LogP contribution in [0.4, 0.5) is 4.39 Å².